The molecule has 21 heavy (non-hydrogen) atoms. The smallest absolute Gasteiger partial charge is 0.0175 e. The number of unbranched alkanes of at least 4 members (excludes halogenated alkanes) is 7. The fourth-order valence-corrected chi connectivity index (χ4v) is 3.57. The molecule has 0 aliphatic carbocycles. The van der Waals surface area contributed by atoms with E-state index < -0.39 is 0 Å². The van der Waals surface area contributed by atoms with E-state index in [4.69, 9.17) is 0 Å². The summed E-state index contributed by atoms with van der Waals surface area (Å²) in [7, 11) is 0. The molecule has 0 spiro atoms. The lowest BCUT2D eigenvalue weighted by Gasteiger charge is -2.14. The van der Waals surface area contributed by atoms with Gasteiger partial charge in [0.05, 0.1) is 0 Å². The first-order valence-corrected chi connectivity index (χ1v) is 10.5. The van der Waals surface area contributed by atoms with Crippen molar-refractivity contribution in [3.63, 3.8) is 0 Å². The maximum Gasteiger partial charge on any atom is 0.0175 e. The molecule has 1 aromatic rings. The third-order valence-corrected chi connectivity index (χ3v) is 5.57. The van der Waals surface area contributed by atoms with Gasteiger partial charge in [-0.2, -0.15) is 0 Å². The van der Waals surface area contributed by atoms with Gasteiger partial charge in [0.2, 0.25) is 0 Å². The lowest BCUT2D eigenvalue weighted by atomic mass is 9.95. The minimum Gasteiger partial charge on any atom is -0.0925 e. The maximum absolute atomic E-state index is 3.69. The van der Waals surface area contributed by atoms with Crippen molar-refractivity contribution >= 4 is 31.9 Å². The summed E-state index contributed by atoms with van der Waals surface area (Å²) in [6.07, 6.45) is 13.9. The second-order valence-electron chi connectivity index (χ2n) is 6.11. The first kappa shape index (κ1) is 19.2. The highest BCUT2D eigenvalue weighted by Gasteiger charge is 2.08. The van der Waals surface area contributed by atoms with E-state index in [2.05, 4.69) is 63.0 Å². The fraction of sp³-hybridized carbons (Fsp3) is 0.684. The van der Waals surface area contributed by atoms with E-state index in [0.29, 0.717) is 0 Å². The van der Waals surface area contributed by atoms with E-state index in [1.54, 1.807) is 0 Å². The Hall–Kier alpha value is 0.180. The summed E-state index contributed by atoms with van der Waals surface area (Å²) in [6.45, 7) is 2.28. The highest BCUT2D eigenvalue weighted by atomic mass is 79.9. The van der Waals surface area contributed by atoms with Crippen molar-refractivity contribution in [2.45, 2.75) is 71.1 Å². The van der Waals surface area contributed by atoms with Gasteiger partial charge in [-0.1, -0.05) is 102 Å². The van der Waals surface area contributed by atoms with Crippen molar-refractivity contribution in [1.82, 2.24) is 0 Å². The van der Waals surface area contributed by atoms with Crippen LogP contribution in [-0.4, -0.2) is 5.33 Å². The molecule has 1 aromatic carbocycles. The number of halogens is 2. The molecule has 0 fully saturated rings. The van der Waals surface area contributed by atoms with Gasteiger partial charge in [-0.25, -0.2) is 0 Å². The van der Waals surface area contributed by atoms with E-state index in [0.717, 1.165) is 11.2 Å². The summed E-state index contributed by atoms with van der Waals surface area (Å²) in [4.78, 5) is 0. The summed E-state index contributed by atoms with van der Waals surface area (Å²) in [6, 6.07) is 8.79. The van der Waals surface area contributed by atoms with Gasteiger partial charge >= 0.3 is 0 Å². The number of hydrogen-bond donors (Lipinski definition) is 0. The third kappa shape index (κ3) is 9.73. The molecule has 0 radical (unpaired) electrons. The largest absolute Gasteiger partial charge is 0.0925 e. The standard InChI is InChI=1S/C19H30Br2/c1-2-3-4-5-6-7-8-9-10-18(16-20)15-17-11-13-19(21)14-12-17/h11-14,18H,2-10,15-16H2,1H3. The van der Waals surface area contributed by atoms with Gasteiger partial charge in [-0.15, -0.1) is 0 Å². The van der Waals surface area contributed by atoms with Gasteiger partial charge in [0.1, 0.15) is 0 Å². The molecule has 0 bridgehead atoms. The topological polar surface area (TPSA) is 0 Å². The van der Waals surface area contributed by atoms with E-state index in [9.17, 15) is 0 Å². The number of rotatable bonds is 12. The molecular weight excluding hydrogens is 388 g/mol. The van der Waals surface area contributed by atoms with E-state index in [1.165, 1.54) is 74.2 Å². The van der Waals surface area contributed by atoms with Crippen molar-refractivity contribution in [2.24, 2.45) is 5.92 Å². The Kier molecular flexibility index (Phi) is 11.6. The molecule has 0 aliphatic heterocycles. The maximum atomic E-state index is 3.69. The fourth-order valence-electron chi connectivity index (χ4n) is 2.75. The summed E-state index contributed by atoms with van der Waals surface area (Å²) in [5, 5.41) is 1.12. The van der Waals surface area contributed by atoms with Crippen LogP contribution < -0.4 is 0 Å². The Morgan fingerprint density at radius 3 is 2.00 bits per heavy atom. The minimum absolute atomic E-state index is 0.784. The van der Waals surface area contributed by atoms with Crippen LogP contribution in [0, 0.1) is 5.92 Å². The molecule has 0 N–H and O–H groups in total. The zero-order valence-electron chi connectivity index (χ0n) is 13.4. The first-order chi connectivity index (χ1) is 10.3. The molecule has 0 nitrogen and oxygen atoms in total. The highest BCUT2D eigenvalue weighted by molar-refractivity contribution is 9.10. The third-order valence-electron chi connectivity index (χ3n) is 4.12. The lowest BCUT2D eigenvalue weighted by molar-refractivity contribution is 0.486. The molecule has 1 atom stereocenters. The Morgan fingerprint density at radius 2 is 1.43 bits per heavy atom. The Bertz CT molecular complexity index is 345. The van der Waals surface area contributed by atoms with Crippen LogP contribution in [0.1, 0.15) is 70.3 Å². The molecule has 120 valence electrons. The van der Waals surface area contributed by atoms with E-state index in [1.807, 2.05) is 0 Å². The second-order valence-corrected chi connectivity index (χ2v) is 7.68. The van der Waals surface area contributed by atoms with Crippen LogP contribution in [0.4, 0.5) is 0 Å². The van der Waals surface area contributed by atoms with Crippen LogP contribution in [0.25, 0.3) is 0 Å². The van der Waals surface area contributed by atoms with Crippen molar-refractivity contribution < 1.29 is 0 Å². The van der Waals surface area contributed by atoms with Crippen LogP contribution in [0.2, 0.25) is 0 Å². The van der Waals surface area contributed by atoms with Gasteiger partial charge in [-0.3, -0.25) is 0 Å². The Morgan fingerprint density at radius 1 is 0.857 bits per heavy atom. The SMILES string of the molecule is CCCCCCCCCCC(CBr)Cc1ccc(Br)cc1. The van der Waals surface area contributed by atoms with Gasteiger partial charge < -0.3 is 0 Å². The van der Waals surface area contributed by atoms with E-state index in [-0.39, 0.29) is 0 Å². The summed E-state index contributed by atoms with van der Waals surface area (Å²) >= 11 is 7.19. The van der Waals surface area contributed by atoms with Crippen molar-refractivity contribution in [3.05, 3.63) is 34.3 Å². The van der Waals surface area contributed by atoms with Crippen molar-refractivity contribution in [1.29, 1.82) is 0 Å². The van der Waals surface area contributed by atoms with Crippen molar-refractivity contribution in [3.8, 4) is 0 Å². The predicted molar refractivity (Wildman–Crippen MR) is 102 cm³/mol. The number of alkyl halides is 1. The zero-order chi connectivity index (χ0) is 15.3. The summed E-state index contributed by atoms with van der Waals surface area (Å²) in [5.74, 6) is 0.784. The van der Waals surface area contributed by atoms with Crippen LogP contribution in [0.3, 0.4) is 0 Å². The van der Waals surface area contributed by atoms with Gasteiger partial charge in [0, 0.05) is 9.80 Å². The molecule has 2 heteroatoms. The molecule has 1 rings (SSSR count). The Labute approximate surface area is 148 Å². The van der Waals surface area contributed by atoms with Crippen LogP contribution in [0.15, 0.2) is 28.7 Å². The van der Waals surface area contributed by atoms with Crippen molar-refractivity contribution in [2.75, 3.05) is 5.33 Å². The molecule has 0 aromatic heterocycles. The zero-order valence-corrected chi connectivity index (χ0v) is 16.6. The first-order valence-electron chi connectivity index (χ1n) is 8.56. The van der Waals surface area contributed by atoms with Crippen LogP contribution in [-0.2, 0) is 6.42 Å². The highest BCUT2D eigenvalue weighted by Crippen LogP contribution is 2.20. The average Bonchev–Trinajstić information content (AvgIpc) is 2.50. The normalized spacial score (nSPS) is 12.5. The van der Waals surface area contributed by atoms with E-state index >= 15 is 0 Å². The van der Waals surface area contributed by atoms with Gasteiger partial charge in [-0.05, 0) is 36.5 Å². The molecule has 0 heterocycles. The quantitative estimate of drug-likeness (QED) is 0.243. The molecule has 1 unspecified atom stereocenters. The monoisotopic (exact) mass is 416 g/mol. The minimum atomic E-state index is 0.784. The molecular formula is C19H30Br2. The van der Waals surface area contributed by atoms with Crippen LogP contribution in [0.5, 0.6) is 0 Å². The predicted octanol–water partition coefficient (Wildman–Crippen LogP) is 7.53. The molecule has 0 saturated carbocycles. The van der Waals surface area contributed by atoms with Gasteiger partial charge in [0.25, 0.3) is 0 Å². The van der Waals surface area contributed by atoms with Crippen LogP contribution >= 0.6 is 31.9 Å². The number of benzene rings is 1. The summed E-state index contributed by atoms with van der Waals surface area (Å²) in [5.41, 5.74) is 1.46. The lowest BCUT2D eigenvalue weighted by Crippen LogP contribution is -2.06. The summed E-state index contributed by atoms with van der Waals surface area (Å²) < 4.78 is 1.17. The van der Waals surface area contributed by atoms with Gasteiger partial charge in [0.15, 0.2) is 0 Å². The molecule has 0 saturated heterocycles. The average molecular weight is 418 g/mol. The molecule has 0 amide bonds. The second kappa shape index (κ2) is 12.7. The Balaban J connectivity index is 2.09. The molecule has 0 aliphatic rings. The number of hydrogen-bond acceptors (Lipinski definition) is 0.